The first-order valence-corrected chi connectivity index (χ1v) is 7.62. The van der Waals surface area contributed by atoms with E-state index in [0.717, 1.165) is 35.7 Å². The van der Waals surface area contributed by atoms with Gasteiger partial charge in [0.2, 0.25) is 5.91 Å². The highest BCUT2D eigenvalue weighted by Crippen LogP contribution is 2.23. The Morgan fingerprint density at radius 1 is 1.26 bits per heavy atom. The number of pyridine rings is 1. The lowest BCUT2D eigenvalue weighted by Crippen LogP contribution is -2.15. The van der Waals surface area contributed by atoms with Gasteiger partial charge in [-0.3, -0.25) is 4.79 Å². The van der Waals surface area contributed by atoms with Gasteiger partial charge in [0.25, 0.3) is 5.22 Å². The number of anilines is 1. The van der Waals surface area contributed by atoms with Crippen LogP contribution in [0.5, 0.6) is 0 Å². The van der Waals surface area contributed by atoms with Gasteiger partial charge in [0.05, 0.1) is 11.4 Å². The molecule has 0 spiro atoms. The van der Waals surface area contributed by atoms with Crippen molar-refractivity contribution in [1.82, 2.24) is 9.97 Å². The summed E-state index contributed by atoms with van der Waals surface area (Å²) in [5.74, 6) is -1.88. The summed E-state index contributed by atoms with van der Waals surface area (Å²) in [4.78, 5) is 20.2. The fraction of sp³-hybridized carbons (Fsp3) is 0.133. The fourth-order valence-corrected chi connectivity index (χ4v) is 2.49. The van der Waals surface area contributed by atoms with Crippen molar-refractivity contribution in [2.24, 2.45) is 0 Å². The minimum Gasteiger partial charge on any atom is -0.430 e. The second-order valence-electron chi connectivity index (χ2n) is 4.72. The molecule has 0 bridgehead atoms. The number of carbonyl (C=O) groups excluding carboxylic acids is 1. The molecule has 8 heteroatoms. The molecule has 0 aliphatic rings. The molecule has 2 heterocycles. The van der Waals surface area contributed by atoms with Gasteiger partial charge in [-0.05, 0) is 31.2 Å². The van der Waals surface area contributed by atoms with Gasteiger partial charge in [0.1, 0.15) is 11.6 Å². The Bertz CT molecular complexity index is 882. The maximum Gasteiger partial charge on any atom is 0.258 e. The standard InChI is InChI=1S/C15H11F2N3O2S/c1-8-2-5-12-14(18-8)20-15(22-12)23-7-13(21)19-11-6-9(16)3-4-10(11)17/h2-6H,7H2,1H3,(H,19,21). The third kappa shape index (κ3) is 3.65. The highest BCUT2D eigenvalue weighted by Gasteiger charge is 2.12. The molecule has 2 aromatic heterocycles. The number of nitrogens with one attached hydrogen (secondary N) is 1. The van der Waals surface area contributed by atoms with Gasteiger partial charge in [-0.15, -0.1) is 0 Å². The molecule has 3 rings (SSSR count). The van der Waals surface area contributed by atoms with Gasteiger partial charge in [0.15, 0.2) is 11.2 Å². The monoisotopic (exact) mass is 335 g/mol. The van der Waals surface area contributed by atoms with Crippen molar-refractivity contribution in [3.05, 3.63) is 47.7 Å². The molecular formula is C15H11F2N3O2S. The van der Waals surface area contributed by atoms with Crippen LogP contribution in [0.2, 0.25) is 0 Å². The number of hydrogen-bond donors (Lipinski definition) is 1. The third-order valence-corrected chi connectivity index (χ3v) is 3.73. The Morgan fingerprint density at radius 2 is 2.09 bits per heavy atom. The molecule has 3 aromatic rings. The van der Waals surface area contributed by atoms with E-state index in [-0.39, 0.29) is 16.7 Å². The number of amides is 1. The number of thioether (sulfide) groups is 1. The largest absolute Gasteiger partial charge is 0.430 e. The Hall–Kier alpha value is -2.48. The minimum absolute atomic E-state index is 0.0538. The normalized spacial score (nSPS) is 10.9. The van der Waals surface area contributed by atoms with Crippen molar-refractivity contribution >= 4 is 34.6 Å². The van der Waals surface area contributed by atoms with E-state index in [0.29, 0.717) is 11.2 Å². The summed E-state index contributed by atoms with van der Waals surface area (Å²) in [6.45, 7) is 1.84. The van der Waals surface area contributed by atoms with E-state index < -0.39 is 17.5 Å². The highest BCUT2D eigenvalue weighted by molar-refractivity contribution is 7.99. The fourth-order valence-electron chi connectivity index (χ4n) is 1.86. The smallest absolute Gasteiger partial charge is 0.258 e. The molecule has 0 aliphatic heterocycles. The molecule has 23 heavy (non-hydrogen) atoms. The molecule has 0 radical (unpaired) electrons. The van der Waals surface area contributed by atoms with Crippen LogP contribution in [0.3, 0.4) is 0 Å². The summed E-state index contributed by atoms with van der Waals surface area (Å²) in [6.07, 6.45) is 0. The summed E-state index contributed by atoms with van der Waals surface area (Å²) in [5.41, 5.74) is 1.59. The lowest BCUT2D eigenvalue weighted by atomic mass is 10.3. The molecular weight excluding hydrogens is 324 g/mol. The zero-order valence-corrected chi connectivity index (χ0v) is 12.8. The molecule has 5 nitrogen and oxygen atoms in total. The van der Waals surface area contributed by atoms with Crippen LogP contribution in [-0.2, 0) is 4.79 Å². The topological polar surface area (TPSA) is 68.0 Å². The van der Waals surface area contributed by atoms with Gasteiger partial charge in [-0.25, -0.2) is 13.8 Å². The predicted molar refractivity (Wildman–Crippen MR) is 82.3 cm³/mol. The van der Waals surface area contributed by atoms with Crippen molar-refractivity contribution in [3.63, 3.8) is 0 Å². The molecule has 0 saturated heterocycles. The lowest BCUT2D eigenvalue weighted by molar-refractivity contribution is -0.113. The second kappa shape index (κ2) is 6.33. The molecule has 0 saturated carbocycles. The number of aromatic nitrogens is 2. The zero-order valence-electron chi connectivity index (χ0n) is 12.0. The molecule has 0 unspecified atom stereocenters. The Morgan fingerprint density at radius 3 is 2.91 bits per heavy atom. The quantitative estimate of drug-likeness (QED) is 0.739. The van der Waals surface area contributed by atoms with Crippen LogP contribution >= 0.6 is 11.8 Å². The third-order valence-electron chi connectivity index (χ3n) is 2.90. The van der Waals surface area contributed by atoms with Crippen molar-refractivity contribution < 1.29 is 18.0 Å². The molecule has 1 N–H and O–H groups in total. The first-order valence-electron chi connectivity index (χ1n) is 6.63. The maximum absolute atomic E-state index is 13.4. The lowest BCUT2D eigenvalue weighted by Gasteiger charge is -2.05. The van der Waals surface area contributed by atoms with Gasteiger partial charge in [-0.1, -0.05) is 11.8 Å². The van der Waals surface area contributed by atoms with E-state index in [2.05, 4.69) is 15.3 Å². The Labute approximate surface area is 134 Å². The number of oxazole rings is 1. The van der Waals surface area contributed by atoms with Crippen molar-refractivity contribution in [2.75, 3.05) is 11.1 Å². The van der Waals surface area contributed by atoms with E-state index in [1.165, 1.54) is 0 Å². The maximum atomic E-state index is 13.4. The van der Waals surface area contributed by atoms with Gasteiger partial charge >= 0.3 is 0 Å². The number of benzene rings is 1. The number of halogens is 2. The first-order chi connectivity index (χ1) is 11.0. The van der Waals surface area contributed by atoms with E-state index >= 15 is 0 Å². The molecule has 0 atom stereocenters. The molecule has 1 aromatic carbocycles. The highest BCUT2D eigenvalue weighted by atomic mass is 32.2. The molecule has 0 aliphatic carbocycles. The summed E-state index contributed by atoms with van der Waals surface area (Å²) < 4.78 is 31.9. The van der Waals surface area contributed by atoms with E-state index in [1.807, 2.05) is 6.92 Å². The number of fused-ring (bicyclic) bond motifs is 1. The first kappa shape index (κ1) is 15.4. The number of hydrogen-bond acceptors (Lipinski definition) is 5. The van der Waals surface area contributed by atoms with Crippen LogP contribution in [-0.4, -0.2) is 21.6 Å². The predicted octanol–water partition coefficient (Wildman–Crippen LogP) is 3.54. The summed E-state index contributed by atoms with van der Waals surface area (Å²) >= 11 is 1.04. The Balaban J connectivity index is 1.64. The molecule has 0 fully saturated rings. The van der Waals surface area contributed by atoms with Crippen LogP contribution in [0.1, 0.15) is 5.69 Å². The average Bonchev–Trinajstić information content (AvgIpc) is 2.91. The number of carbonyl (C=O) groups is 1. The second-order valence-corrected chi connectivity index (χ2v) is 5.64. The van der Waals surface area contributed by atoms with Crippen LogP contribution < -0.4 is 5.32 Å². The van der Waals surface area contributed by atoms with Crippen LogP contribution in [0.25, 0.3) is 11.2 Å². The van der Waals surface area contributed by atoms with E-state index in [9.17, 15) is 13.6 Å². The van der Waals surface area contributed by atoms with Gasteiger partial charge < -0.3 is 9.73 Å². The van der Waals surface area contributed by atoms with Crippen molar-refractivity contribution in [3.8, 4) is 0 Å². The SMILES string of the molecule is Cc1ccc2oc(SCC(=O)Nc3cc(F)ccc3F)nc2n1. The summed E-state index contributed by atoms with van der Waals surface area (Å²) in [7, 11) is 0. The van der Waals surface area contributed by atoms with Crippen LogP contribution in [0.4, 0.5) is 14.5 Å². The number of aryl methyl sites for hydroxylation is 1. The van der Waals surface area contributed by atoms with Gasteiger partial charge in [-0.2, -0.15) is 4.98 Å². The van der Waals surface area contributed by atoms with Gasteiger partial charge in [0, 0.05) is 11.8 Å². The number of nitrogens with zero attached hydrogens (tertiary/aromatic N) is 2. The summed E-state index contributed by atoms with van der Waals surface area (Å²) in [6, 6.07) is 6.39. The van der Waals surface area contributed by atoms with Crippen LogP contribution in [0.15, 0.2) is 40.0 Å². The van der Waals surface area contributed by atoms with E-state index in [1.54, 1.807) is 12.1 Å². The Kier molecular flexibility index (Phi) is 4.24. The minimum atomic E-state index is -0.703. The molecule has 118 valence electrons. The van der Waals surface area contributed by atoms with Crippen molar-refractivity contribution in [2.45, 2.75) is 12.1 Å². The van der Waals surface area contributed by atoms with E-state index in [4.69, 9.17) is 4.42 Å². The zero-order chi connectivity index (χ0) is 16.4. The number of rotatable bonds is 4. The average molecular weight is 335 g/mol. The summed E-state index contributed by atoms with van der Waals surface area (Å²) in [5, 5.41) is 2.59. The molecule has 1 amide bonds. The van der Waals surface area contributed by atoms with Crippen LogP contribution in [0, 0.1) is 18.6 Å². The van der Waals surface area contributed by atoms with Crippen molar-refractivity contribution in [1.29, 1.82) is 0 Å².